The smallest absolute Gasteiger partial charge is 0.460 e. The van der Waals surface area contributed by atoms with Gasteiger partial charge in [-0.3, -0.25) is 0 Å². The van der Waals surface area contributed by atoms with Gasteiger partial charge in [-0.15, -0.1) is 0 Å². The Morgan fingerprint density at radius 2 is 0.548 bits per heavy atom. The minimum absolute atomic E-state index is 3.44. The fraction of sp³-hybridized carbons (Fsp3) is 0.625. The van der Waals surface area contributed by atoms with Crippen molar-refractivity contribution in [3.05, 3.63) is 28.8 Å². The van der Waals surface area contributed by atoms with Crippen LogP contribution in [-0.4, -0.2) is 58.7 Å². The molecule has 0 atom stereocenters. The third kappa shape index (κ3) is 4.18. The van der Waals surface area contributed by atoms with Crippen molar-refractivity contribution in [1.29, 1.82) is 0 Å². The molecule has 0 radical (unpaired) electrons. The van der Waals surface area contributed by atoms with E-state index < -0.39 is 94.1 Å². The lowest BCUT2D eigenvalue weighted by molar-refractivity contribution is -0.475. The van der Waals surface area contributed by atoms with E-state index in [0.717, 1.165) is 0 Å². The average molecular weight is 684 g/mol. The van der Waals surface area contributed by atoms with Crippen molar-refractivity contribution < 1.29 is 115 Å². The van der Waals surface area contributed by atoms with Crippen LogP contribution in [-0.2, 0) is 5.92 Å². The molecule has 0 aliphatic rings. The van der Waals surface area contributed by atoms with E-state index in [0.29, 0.717) is 0 Å². The number of alkyl halides is 21. The molecule has 0 heterocycles. The Hall–Kier alpha value is -2.73. The van der Waals surface area contributed by atoms with Crippen LogP contribution in [0.4, 0.5) is 110 Å². The van der Waals surface area contributed by atoms with Crippen molar-refractivity contribution in [2.24, 2.45) is 0 Å². The summed E-state index contributed by atoms with van der Waals surface area (Å²) >= 11 is 0. The first-order valence-corrected chi connectivity index (χ1v) is 8.95. The molecule has 1 rings (SSSR count). The first-order valence-electron chi connectivity index (χ1n) is 8.95. The molecule has 0 fully saturated rings. The highest BCUT2D eigenvalue weighted by molar-refractivity contribution is 5.42. The van der Waals surface area contributed by atoms with E-state index >= 15 is 0 Å². The molecule has 0 bridgehead atoms. The topological polar surface area (TPSA) is 20.2 Å². The summed E-state index contributed by atoms with van der Waals surface area (Å²) in [4.78, 5) is 0. The number of benzene rings is 1. The Kier molecular flexibility index (Phi) is 8.33. The summed E-state index contributed by atoms with van der Waals surface area (Å²) in [5.74, 6) is -100. The van der Waals surface area contributed by atoms with E-state index in [9.17, 15) is 110 Å². The van der Waals surface area contributed by atoms with Crippen molar-refractivity contribution in [2.45, 2.75) is 59.5 Å². The van der Waals surface area contributed by atoms with Gasteiger partial charge >= 0.3 is 59.5 Å². The van der Waals surface area contributed by atoms with Crippen LogP contribution in [0.5, 0.6) is 5.75 Å². The number of rotatable bonds is 9. The monoisotopic (exact) mass is 684 g/mol. The number of phenolic OH excluding ortho intramolecular Hbond substituents is 1. The molecule has 0 spiro atoms. The van der Waals surface area contributed by atoms with Gasteiger partial charge in [-0.1, -0.05) is 0 Å². The van der Waals surface area contributed by atoms with Crippen molar-refractivity contribution >= 4 is 0 Å². The van der Waals surface area contributed by atoms with E-state index in [2.05, 4.69) is 0 Å². The lowest BCUT2D eigenvalue weighted by Gasteiger charge is -2.44. The van der Waals surface area contributed by atoms with Gasteiger partial charge in [-0.05, 0) is 0 Å². The largest absolute Gasteiger partial charge is 0.504 e. The maximum absolute atomic E-state index is 14.0. The summed E-state index contributed by atoms with van der Waals surface area (Å²) < 4.78 is 333. The van der Waals surface area contributed by atoms with Crippen LogP contribution in [0.2, 0.25) is 0 Å². The molecule has 0 unspecified atom stereocenters. The summed E-state index contributed by atoms with van der Waals surface area (Å²) in [6.07, 6.45) is -8.15. The molecular weight excluding hydrogens is 683 g/mol. The van der Waals surface area contributed by atoms with Gasteiger partial charge in [0.1, 0.15) is 5.56 Å². The SMILES string of the molecule is Oc1c(F)c(F)c(F)c(F)c1C(F)(F)C(F)(F)C(F)(F)C(F)(F)C(F)(F)C(F)(F)C(F)(F)C(F)(F)C(F)(F)C(F)(F)F. The highest BCUT2D eigenvalue weighted by atomic mass is 19.4. The zero-order valence-electron chi connectivity index (χ0n) is 17.9. The Bertz CT molecular complexity index is 1180. The maximum atomic E-state index is 14.0. The Morgan fingerprint density at radius 1 is 0.310 bits per heavy atom. The van der Waals surface area contributed by atoms with Crippen LogP contribution in [0.3, 0.4) is 0 Å². The molecule has 26 heteroatoms. The van der Waals surface area contributed by atoms with Crippen LogP contribution in [0, 0.1) is 23.3 Å². The second kappa shape index (κ2) is 9.38. The highest BCUT2D eigenvalue weighted by Crippen LogP contribution is 2.67. The minimum Gasteiger partial charge on any atom is -0.504 e. The summed E-state index contributed by atoms with van der Waals surface area (Å²) in [6.45, 7) is 0. The molecule has 246 valence electrons. The predicted molar refractivity (Wildman–Crippen MR) is 77.5 cm³/mol. The summed E-state index contributed by atoms with van der Waals surface area (Å²) in [5.41, 5.74) is -4.36. The molecule has 1 N–H and O–H groups in total. The van der Waals surface area contributed by atoms with Gasteiger partial charge in [0.15, 0.2) is 17.4 Å². The van der Waals surface area contributed by atoms with Gasteiger partial charge in [-0.2, -0.15) is 96.6 Å². The molecular formula is C16HF25O. The zero-order chi connectivity index (χ0) is 34.5. The van der Waals surface area contributed by atoms with Crippen LogP contribution in [0.25, 0.3) is 0 Å². The van der Waals surface area contributed by atoms with Gasteiger partial charge in [0.25, 0.3) is 0 Å². The number of hydrogen-bond donors (Lipinski definition) is 1. The average Bonchev–Trinajstić information content (AvgIpc) is 2.79. The van der Waals surface area contributed by atoms with Gasteiger partial charge < -0.3 is 5.11 Å². The Balaban J connectivity index is 4.01. The molecule has 42 heavy (non-hydrogen) atoms. The second-order valence-corrected chi connectivity index (χ2v) is 7.65. The first-order chi connectivity index (χ1) is 17.9. The third-order valence-corrected chi connectivity index (χ3v) is 5.07. The third-order valence-electron chi connectivity index (χ3n) is 5.07. The molecule has 0 aliphatic heterocycles. The zero-order valence-corrected chi connectivity index (χ0v) is 17.9. The van der Waals surface area contributed by atoms with Gasteiger partial charge in [0, 0.05) is 0 Å². The van der Waals surface area contributed by atoms with E-state index in [4.69, 9.17) is 5.11 Å². The van der Waals surface area contributed by atoms with Crippen LogP contribution < -0.4 is 0 Å². The van der Waals surface area contributed by atoms with Crippen molar-refractivity contribution in [3.8, 4) is 5.75 Å². The first kappa shape index (κ1) is 37.3. The van der Waals surface area contributed by atoms with Crippen LogP contribution in [0.15, 0.2) is 0 Å². The molecule has 0 amide bonds. The maximum Gasteiger partial charge on any atom is 0.460 e. The molecule has 0 saturated carbocycles. The number of phenols is 1. The van der Waals surface area contributed by atoms with Gasteiger partial charge in [0.05, 0.1) is 0 Å². The molecule has 1 aromatic carbocycles. The molecule has 0 aliphatic carbocycles. The summed E-state index contributed by atoms with van der Waals surface area (Å²) in [7, 11) is 0. The number of hydrogen-bond acceptors (Lipinski definition) is 1. The minimum atomic E-state index is -9.52. The van der Waals surface area contributed by atoms with Crippen LogP contribution in [0.1, 0.15) is 5.56 Å². The predicted octanol–water partition coefficient (Wildman–Crippen LogP) is 8.69. The van der Waals surface area contributed by atoms with E-state index in [1.165, 1.54) is 0 Å². The van der Waals surface area contributed by atoms with Crippen molar-refractivity contribution in [3.63, 3.8) is 0 Å². The second-order valence-electron chi connectivity index (χ2n) is 7.65. The van der Waals surface area contributed by atoms with Gasteiger partial charge in [0.2, 0.25) is 11.6 Å². The molecule has 0 saturated heterocycles. The van der Waals surface area contributed by atoms with Crippen molar-refractivity contribution in [2.75, 3.05) is 0 Å². The Labute approximate surface area is 210 Å². The normalized spacial score (nSPS) is 15.8. The fourth-order valence-corrected chi connectivity index (χ4v) is 2.62. The molecule has 1 nitrogen and oxygen atoms in total. The fourth-order valence-electron chi connectivity index (χ4n) is 2.62. The number of aromatic hydroxyl groups is 1. The summed E-state index contributed by atoms with van der Waals surface area (Å²) in [6, 6.07) is 0. The highest BCUT2D eigenvalue weighted by Gasteiger charge is 2.98. The van der Waals surface area contributed by atoms with E-state index in [1.807, 2.05) is 0 Å². The van der Waals surface area contributed by atoms with E-state index in [-0.39, 0.29) is 0 Å². The molecule has 0 aromatic heterocycles. The van der Waals surface area contributed by atoms with Crippen molar-refractivity contribution in [1.82, 2.24) is 0 Å². The van der Waals surface area contributed by atoms with Gasteiger partial charge in [-0.25, -0.2) is 13.2 Å². The molecule has 1 aromatic rings. The quantitative estimate of drug-likeness (QED) is 0.157. The lowest BCUT2D eigenvalue weighted by Crippen LogP contribution is -2.76. The van der Waals surface area contributed by atoms with Crippen LogP contribution >= 0.6 is 0 Å². The summed E-state index contributed by atoms with van der Waals surface area (Å²) in [5, 5.41) is 8.80. The number of halogens is 25. The van der Waals surface area contributed by atoms with E-state index in [1.54, 1.807) is 0 Å². The Morgan fingerprint density at radius 3 is 0.833 bits per heavy atom. The standard InChI is InChI=1S/C16HF25O/c17-2-1(6(42)5(20)4(19)3(2)18)7(21,22)8(23,24)9(25,26)10(27,28)11(29,30)12(31,32)13(33,34)14(35,36)15(37,38)16(39,40)41/h42H. The lowest BCUT2D eigenvalue weighted by atomic mass is 9.85.